The van der Waals surface area contributed by atoms with Crippen LogP contribution in [-0.4, -0.2) is 73.3 Å². The van der Waals surface area contributed by atoms with Crippen LogP contribution in [0.1, 0.15) is 87.3 Å². The lowest BCUT2D eigenvalue weighted by Gasteiger charge is -2.27. The summed E-state index contributed by atoms with van der Waals surface area (Å²) in [5.74, 6) is 1.72. The topological polar surface area (TPSA) is 93.4 Å². The van der Waals surface area contributed by atoms with Gasteiger partial charge in [-0.15, -0.1) is 0 Å². The fourth-order valence-electron chi connectivity index (χ4n) is 5.80. The van der Waals surface area contributed by atoms with Crippen LogP contribution >= 0.6 is 0 Å². The van der Waals surface area contributed by atoms with Gasteiger partial charge in [-0.1, -0.05) is 68.4 Å². The molecule has 0 bridgehead atoms. The van der Waals surface area contributed by atoms with Crippen LogP contribution in [0.15, 0.2) is 79.4 Å². The molecule has 1 unspecified atom stereocenters. The monoisotopic (exact) mass is 627 g/mol. The Morgan fingerprint density at radius 1 is 0.739 bits per heavy atom. The van der Waals surface area contributed by atoms with Crippen molar-refractivity contribution >= 4 is 5.97 Å². The molecule has 0 aliphatic rings. The molecule has 2 aromatic carbocycles. The van der Waals surface area contributed by atoms with Crippen LogP contribution in [0.4, 0.5) is 0 Å². The van der Waals surface area contributed by atoms with Crippen molar-refractivity contribution in [3.8, 4) is 0 Å². The summed E-state index contributed by atoms with van der Waals surface area (Å²) >= 11 is 0. The summed E-state index contributed by atoms with van der Waals surface area (Å²) in [6, 6.07) is 18.9. The van der Waals surface area contributed by atoms with Gasteiger partial charge in [0.15, 0.2) is 0 Å². The van der Waals surface area contributed by atoms with E-state index in [1.54, 1.807) is 12.4 Å². The van der Waals surface area contributed by atoms with Gasteiger partial charge in [0.05, 0.1) is 19.0 Å². The number of aromatic amines is 2. The van der Waals surface area contributed by atoms with E-state index in [0.717, 1.165) is 69.3 Å². The second-order valence-corrected chi connectivity index (χ2v) is 12.1. The third-order valence-corrected chi connectivity index (χ3v) is 8.34. The summed E-state index contributed by atoms with van der Waals surface area (Å²) < 4.78 is 5.59. The molecule has 0 saturated heterocycles. The molecule has 2 N–H and O–H groups in total. The first-order valence-corrected chi connectivity index (χ1v) is 17.0. The van der Waals surface area contributed by atoms with Crippen LogP contribution in [-0.2, 0) is 35.8 Å². The Labute approximate surface area is 275 Å². The lowest BCUT2D eigenvalue weighted by atomic mass is 10.1. The highest BCUT2D eigenvalue weighted by atomic mass is 16.5. The Morgan fingerprint density at radius 2 is 1.39 bits per heavy atom. The Morgan fingerprint density at radius 3 is 2.02 bits per heavy atom. The third-order valence-electron chi connectivity index (χ3n) is 8.34. The third kappa shape index (κ3) is 12.2. The summed E-state index contributed by atoms with van der Waals surface area (Å²) in [6.07, 6.45) is 12.3. The standard InChI is InChI=1S/C37H53N7O2/c1-4-22-42(23-5-2)24-9-10-25-43(26-17-36(45)46-30-34-11-7-6-8-12-34)27-32-13-15-33(16-14-32)28-44(29-35-38-18-19-39-35)31(3)37-40-20-21-41-37/h6-8,11-16,18-21,31H,4-5,9-10,17,22-30H2,1-3H3,(H,38,39)(H,40,41). The van der Waals surface area contributed by atoms with Crippen LogP contribution < -0.4 is 0 Å². The van der Waals surface area contributed by atoms with Crippen molar-refractivity contribution < 1.29 is 9.53 Å². The Bertz CT molecular complexity index is 1340. The van der Waals surface area contributed by atoms with E-state index in [0.29, 0.717) is 26.1 Å². The maximum atomic E-state index is 12.7. The van der Waals surface area contributed by atoms with E-state index in [1.165, 1.54) is 24.0 Å². The SMILES string of the molecule is CCCN(CCC)CCCCN(CCC(=O)OCc1ccccc1)Cc1ccc(CN(Cc2ncc[nH]2)C(C)c2ncc[nH]2)cc1. The molecular formula is C37H53N7O2. The first-order valence-electron chi connectivity index (χ1n) is 17.0. The number of carbonyl (C=O) groups is 1. The van der Waals surface area contributed by atoms with Gasteiger partial charge < -0.3 is 19.6 Å². The van der Waals surface area contributed by atoms with Crippen molar-refractivity contribution in [2.75, 3.05) is 32.7 Å². The van der Waals surface area contributed by atoms with Gasteiger partial charge >= 0.3 is 5.97 Å². The van der Waals surface area contributed by atoms with Crippen molar-refractivity contribution in [2.45, 2.75) is 85.2 Å². The summed E-state index contributed by atoms with van der Waals surface area (Å²) in [6.45, 7) is 14.4. The van der Waals surface area contributed by atoms with Gasteiger partial charge in [-0.05, 0) is 75.5 Å². The predicted molar refractivity (Wildman–Crippen MR) is 184 cm³/mol. The maximum Gasteiger partial charge on any atom is 0.307 e. The van der Waals surface area contributed by atoms with E-state index in [9.17, 15) is 4.79 Å². The van der Waals surface area contributed by atoms with E-state index in [-0.39, 0.29) is 12.0 Å². The molecule has 4 rings (SSSR count). The molecule has 9 nitrogen and oxygen atoms in total. The van der Waals surface area contributed by atoms with E-state index >= 15 is 0 Å². The number of H-pyrrole nitrogens is 2. The average molecular weight is 628 g/mol. The molecular weight excluding hydrogens is 574 g/mol. The summed E-state index contributed by atoms with van der Waals surface area (Å²) in [5, 5.41) is 0. The molecule has 9 heteroatoms. The number of carbonyl (C=O) groups excluding carboxylic acids is 1. The normalized spacial score (nSPS) is 12.3. The van der Waals surface area contributed by atoms with Gasteiger partial charge in [-0.3, -0.25) is 14.6 Å². The maximum absolute atomic E-state index is 12.7. The molecule has 0 aliphatic carbocycles. The van der Waals surface area contributed by atoms with Crippen LogP contribution in [0.2, 0.25) is 0 Å². The van der Waals surface area contributed by atoms with Gasteiger partial charge in [0.2, 0.25) is 0 Å². The Kier molecular flexibility index (Phi) is 15.0. The zero-order chi connectivity index (χ0) is 32.4. The number of nitrogens with zero attached hydrogens (tertiary/aromatic N) is 5. The highest BCUT2D eigenvalue weighted by Crippen LogP contribution is 2.22. The summed E-state index contributed by atoms with van der Waals surface area (Å²) in [7, 11) is 0. The van der Waals surface area contributed by atoms with Crippen molar-refractivity contribution in [3.05, 3.63) is 108 Å². The molecule has 0 spiro atoms. The van der Waals surface area contributed by atoms with Crippen LogP contribution in [0.25, 0.3) is 0 Å². The first kappa shape index (κ1) is 35.1. The van der Waals surface area contributed by atoms with Gasteiger partial charge in [-0.2, -0.15) is 0 Å². The van der Waals surface area contributed by atoms with Crippen molar-refractivity contribution in [1.82, 2.24) is 34.6 Å². The molecule has 2 heterocycles. The molecule has 248 valence electrons. The average Bonchev–Trinajstić information content (AvgIpc) is 3.81. The second kappa shape index (κ2) is 19.7. The van der Waals surface area contributed by atoms with Crippen LogP contribution in [0.5, 0.6) is 0 Å². The van der Waals surface area contributed by atoms with Gasteiger partial charge in [0.1, 0.15) is 18.3 Å². The second-order valence-electron chi connectivity index (χ2n) is 12.1. The summed E-state index contributed by atoms with van der Waals surface area (Å²) in [4.78, 5) is 35.5. The Balaban J connectivity index is 1.35. The molecule has 0 saturated carbocycles. The zero-order valence-corrected chi connectivity index (χ0v) is 28.0. The molecule has 2 aromatic heterocycles. The van der Waals surface area contributed by atoms with E-state index in [2.05, 4.69) is 79.7 Å². The van der Waals surface area contributed by atoms with Gasteiger partial charge in [0, 0.05) is 44.4 Å². The zero-order valence-electron chi connectivity index (χ0n) is 28.0. The number of unbranched alkanes of at least 4 members (excludes halogenated alkanes) is 1. The van der Waals surface area contributed by atoms with Crippen molar-refractivity contribution in [3.63, 3.8) is 0 Å². The number of hydrogen-bond donors (Lipinski definition) is 2. The fourth-order valence-corrected chi connectivity index (χ4v) is 5.80. The number of esters is 1. The van der Waals surface area contributed by atoms with E-state index in [4.69, 9.17) is 4.74 Å². The lowest BCUT2D eigenvalue weighted by Crippen LogP contribution is -2.30. The molecule has 0 fully saturated rings. The molecule has 1 atom stereocenters. The van der Waals surface area contributed by atoms with Crippen LogP contribution in [0, 0.1) is 0 Å². The molecule has 0 aliphatic heterocycles. The largest absolute Gasteiger partial charge is 0.461 e. The number of aromatic nitrogens is 4. The lowest BCUT2D eigenvalue weighted by molar-refractivity contribution is -0.145. The quantitative estimate of drug-likeness (QED) is 0.0737. The number of rotatable bonds is 22. The predicted octanol–water partition coefficient (Wildman–Crippen LogP) is 6.73. The minimum absolute atomic E-state index is 0.0995. The number of ether oxygens (including phenoxy) is 1. The molecule has 4 aromatic rings. The minimum Gasteiger partial charge on any atom is -0.461 e. The smallest absolute Gasteiger partial charge is 0.307 e. The van der Waals surface area contributed by atoms with Gasteiger partial charge in [0.25, 0.3) is 0 Å². The fraction of sp³-hybridized carbons (Fsp3) is 0.486. The number of imidazole rings is 2. The first-order chi connectivity index (χ1) is 22.5. The highest BCUT2D eigenvalue weighted by Gasteiger charge is 2.20. The molecule has 46 heavy (non-hydrogen) atoms. The van der Waals surface area contributed by atoms with Crippen molar-refractivity contribution in [2.24, 2.45) is 0 Å². The molecule has 0 amide bonds. The number of hydrogen-bond acceptors (Lipinski definition) is 7. The van der Waals surface area contributed by atoms with Crippen molar-refractivity contribution in [1.29, 1.82) is 0 Å². The van der Waals surface area contributed by atoms with E-state index in [1.807, 2.05) is 42.7 Å². The van der Waals surface area contributed by atoms with Crippen LogP contribution in [0.3, 0.4) is 0 Å². The summed E-state index contributed by atoms with van der Waals surface area (Å²) in [5.41, 5.74) is 3.49. The molecule has 0 radical (unpaired) electrons. The minimum atomic E-state index is -0.149. The Hall–Kier alpha value is -3.79. The van der Waals surface area contributed by atoms with E-state index < -0.39 is 0 Å². The highest BCUT2D eigenvalue weighted by molar-refractivity contribution is 5.69. The number of nitrogens with one attached hydrogen (secondary N) is 2. The number of benzene rings is 2. The van der Waals surface area contributed by atoms with Gasteiger partial charge in [-0.25, -0.2) is 9.97 Å².